The molecule has 0 heterocycles. The maximum absolute atomic E-state index is 3.75. The minimum Gasteiger partial charge on any atom is -0.103 e. The molecule has 0 aliphatic carbocycles. The summed E-state index contributed by atoms with van der Waals surface area (Å²) in [5.74, 6) is 0. The van der Waals surface area contributed by atoms with Crippen molar-refractivity contribution < 1.29 is 0 Å². The summed E-state index contributed by atoms with van der Waals surface area (Å²) in [5, 5.41) is 0. The van der Waals surface area contributed by atoms with E-state index in [2.05, 4.69) is 27.0 Å². The third-order valence-electron chi connectivity index (χ3n) is 6.52. The van der Waals surface area contributed by atoms with Gasteiger partial charge in [-0.1, -0.05) is 167 Å². The van der Waals surface area contributed by atoms with Crippen LogP contribution in [0.3, 0.4) is 0 Å². The summed E-state index contributed by atoms with van der Waals surface area (Å²) in [5.41, 5.74) is 0. The van der Waals surface area contributed by atoms with E-state index in [9.17, 15) is 0 Å². The van der Waals surface area contributed by atoms with Crippen molar-refractivity contribution in [2.75, 3.05) is 0 Å². The highest BCUT2D eigenvalue weighted by molar-refractivity contribution is 4.65. The second kappa shape index (κ2) is 35.1. The van der Waals surface area contributed by atoms with E-state index in [4.69, 9.17) is 0 Å². The van der Waals surface area contributed by atoms with Gasteiger partial charge in [-0.05, 0) is 25.7 Å². The van der Waals surface area contributed by atoms with Crippen LogP contribution >= 0.6 is 0 Å². The van der Waals surface area contributed by atoms with Crippen LogP contribution in [0.2, 0.25) is 0 Å². The van der Waals surface area contributed by atoms with Crippen molar-refractivity contribution in [3.05, 3.63) is 25.3 Å². The lowest BCUT2D eigenvalue weighted by Crippen LogP contribution is -1.82. The number of hydrogen-bond acceptors (Lipinski definition) is 0. The molecule has 0 N–H and O–H groups in total. The lowest BCUT2D eigenvalue weighted by Gasteiger charge is -2.02. The number of allylic oxidation sites excluding steroid dienone is 2. The average Bonchev–Trinajstić information content (AvgIpc) is 2.81. The first-order chi connectivity index (χ1) is 15.8. The molecule has 0 bridgehead atoms. The SMILES string of the molecule is C=CCCCCCCCCCCCCCC.C=CCCCCCCCCCCCCCC. The topological polar surface area (TPSA) is 0 Å². The van der Waals surface area contributed by atoms with E-state index >= 15 is 0 Å². The lowest BCUT2D eigenvalue weighted by molar-refractivity contribution is 0.545. The zero-order chi connectivity index (χ0) is 23.8. The molecule has 0 fully saturated rings. The second-order valence-corrected chi connectivity index (χ2v) is 9.93. The third-order valence-corrected chi connectivity index (χ3v) is 6.52. The normalized spacial score (nSPS) is 10.6. The van der Waals surface area contributed by atoms with Crippen LogP contribution in [0.1, 0.15) is 181 Å². The predicted octanol–water partition coefficient (Wildman–Crippen LogP) is 12.5. The first-order valence-corrected chi connectivity index (χ1v) is 15.0. The van der Waals surface area contributed by atoms with Crippen molar-refractivity contribution in [3.63, 3.8) is 0 Å². The molecule has 0 rings (SSSR count). The summed E-state index contributed by atoms with van der Waals surface area (Å²) in [7, 11) is 0. The monoisotopic (exact) mass is 449 g/mol. The van der Waals surface area contributed by atoms with Crippen LogP contribution in [0.25, 0.3) is 0 Å². The van der Waals surface area contributed by atoms with Crippen LogP contribution in [-0.4, -0.2) is 0 Å². The molecule has 0 aromatic carbocycles. The van der Waals surface area contributed by atoms with E-state index in [1.54, 1.807) is 0 Å². The van der Waals surface area contributed by atoms with Gasteiger partial charge in [0.05, 0.1) is 0 Å². The summed E-state index contributed by atoms with van der Waals surface area (Å²) in [6.45, 7) is 12.1. The maximum atomic E-state index is 3.75. The van der Waals surface area contributed by atoms with Crippen molar-refractivity contribution in [1.29, 1.82) is 0 Å². The quantitative estimate of drug-likeness (QED) is 0.0911. The molecule has 192 valence electrons. The van der Waals surface area contributed by atoms with E-state index in [0.29, 0.717) is 0 Å². The first-order valence-electron chi connectivity index (χ1n) is 15.0. The Balaban J connectivity index is 0. The molecule has 0 saturated heterocycles. The summed E-state index contributed by atoms with van der Waals surface area (Å²) >= 11 is 0. The fraction of sp³-hybridized carbons (Fsp3) is 0.875. The van der Waals surface area contributed by atoms with Crippen LogP contribution in [0.15, 0.2) is 25.3 Å². The van der Waals surface area contributed by atoms with Gasteiger partial charge in [-0.15, -0.1) is 13.2 Å². The molecule has 0 aliphatic heterocycles. The van der Waals surface area contributed by atoms with Crippen LogP contribution in [0.4, 0.5) is 0 Å². The highest BCUT2D eigenvalue weighted by Crippen LogP contribution is 2.13. The molecule has 0 radical (unpaired) electrons. The van der Waals surface area contributed by atoms with Gasteiger partial charge in [-0.25, -0.2) is 0 Å². The zero-order valence-corrected chi connectivity index (χ0v) is 23.0. The van der Waals surface area contributed by atoms with E-state index in [-0.39, 0.29) is 0 Å². The minimum atomic E-state index is 1.21. The van der Waals surface area contributed by atoms with E-state index in [0.717, 1.165) is 0 Å². The van der Waals surface area contributed by atoms with Crippen molar-refractivity contribution >= 4 is 0 Å². The fourth-order valence-electron chi connectivity index (χ4n) is 4.26. The summed E-state index contributed by atoms with van der Waals surface area (Å²) in [6, 6.07) is 0. The maximum Gasteiger partial charge on any atom is -0.0353 e. The molecule has 0 aromatic rings. The number of unbranched alkanes of at least 4 members (excludes halogenated alkanes) is 24. The molecular formula is C32H64. The molecule has 0 unspecified atom stereocenters. The second-order valence-electron chi connectivity index (χ2n) is 9.93. The van der Waals surface area contributed by atoms with Gasteiger partial charge in [0.15, 0.2) is 0 Å². The van der Waals surface area contributed by atoms with Crippen LogP contribution in [-0.2, 0) is 0 Å². The summed E-state index contributed by atoms with van der Waals surface area (Å²) < 4.78 is 0. The van der Waals surface area contributed by atoms with Gasteiger partial charge in [0, 0.05) is 0 Å². The van der Waals surface area contributed by atoms with Gasteiger partial charge >= 0.3 is 0 Å². The van der Waals surface area contributed by atoms with E-state index in [1.165, 1.54) is 167 Å². The smallest absolute Gasteiger partial charge is 0.0353 e. The summed E-state index contributed by atoms with van der Waals surface area (Å²) in [6.07, 6.45) is 40.9. The highest BCUT2D eigenvalue weighted by atomic mass is 14.0. The van der Waals surface area contributed by atoms with Gasteiger partial charge in [0.2, 0.25) is 0 Å². The van der Waals surface area contributed by atoms with Crippen LogP contribution < -0.4 is 0 Å². The molecule has 0 atom stereocenters. The van der Waals surface area contributed by atoms with Crippen molar-refractivity contribution in [2.24, 2.45) is 0 Å². The van der Waals surface area contributed by atoms with Gasteiger partial charge in [0.1, 0.15) is 0 Å². The van der Waals surface area contributed by atoms with E-state index < -0.39 is 0 Å². The Morgan fingerprint density at radius 3 is 0.688 bits per heavy atom. The lowest BCUT2D eigenvalue weighted by atomic mass is 10.0. The van der Waals surface area contributed by atoms with Gasteiger partial charge in [-0.3, -0.25) is 0 Å². The molecular weight excluding hydrogens is 384 g/mol. The number of rotatable bonds is 26. The van der Waals surface area contributed by atoms with E-state index in [1.807, 2.05) is 12.2 Å². The average molecular weight is 449 g/mol. The Kier molecular flexibility index (Phi) is 36.9. The van der Waals surface area contributed by atoms with Crippen LogP contribution in [0.5, 0.6) is 0 Å². The standard InChI is InChI=1S/2C16H32/c2*1-3-5-7-9-11-13-15-16-14-12-10-8-6-4-2/h2*3H,1,4-16H2,2H3. The minimum absolute atomic E-state index is 1.21. The predicted molar refractivity (Wildman–Crippen MR) is 152 cm³/mol. The van der Waals surface area contributed by atoms with Crippen molar-refractivity contribution in [2.45, 2.75) is 181 Å². The number of hydrogen-bond donors (Lipinski definition) is 0. The Bertz CT molecular complexity index is 284. The zero-order valence-electron chi connectivity index (χ0n) is 23.0. The fourth-order valence-corrected chi connectivity index (χ4v) is 4.26. The molecule has 0 aliphatic rings. The highest BCUT2D eigenvalue weighted by Gasteiger charge is 1.93. The molecule has 0 heteroatoms. The Morgan fingerprint density at radius 1 is 0.312 bits per heavy atom. The molecule has 0 nitrogen and oxygen atoms in total. The van der Waals surface area contributed by atoms with Gasteiger partial charge in [0.25, 0.3) is 0 Å². The van der Waals surface area contributed by atoms with Crippen molar-refractivity contribution in [3.8, 4) is 0 Å². The first kappa shape index (κ1) is 33.7. The Labute approximate surface area is 206 Å². The summed E-state index contributed by atoms with van der Waals surface area (Å²) in [4.78, 5) is 0. The van der Waals surface area contributed by atoms with Gasteiger partial charge in [-0.2, -0.15) is 0 Å². The molecule has 0 aromatic heterocycles. The third kappa shape index (κ3) is 36.8. The molecule has 0 amide bonds. The van der Waals surface area contributed by atoms with Gasteiger partial charge < -0.3 is 0 Å². The van der Waals surface area contributed by atoms with Crippen LogP contribution in [0, 0.1) is 0 Å². The molecule has 32 heavy (non-hydrogen) atoms. The Hall–Kier alpha value is -0.520. The van der Waals surface area contributed by atoms with Crippen molar-refractivity contribution in [1.82, 2.24) is 0 Å². The largest absolute Gasteiger partial charge is 0.103 e. The molecule has 0 spiro atoms. The molecule has 0 saturated carbocycles. The Morgan fingerprint density at radius 2 is 0.500 bits per heavy atom.